The molecule has 0 saturated heterocycles. The van der Waals surface area contributed by atoms with Crippen LogP contribution in [0.4, 0.5) is 0 Å². The summed E-state index contributed by atoms with van der Waals surface area (Å²) in [6.45, 7) is 0. The summed E-state index contributed by atoms with van der Waals surface area (Å²) >= 11 is 3.36. The fourth-order valence-corrected chi connectivity index (χ4v) is 2.78. The van der Waals surface area contributed by atoms with Gasteiger partial charge in [-0.25, -0.2) is 9.97 Å². The van der Waals surface area contributed by atoms with Crippen molar-refractivity contribution < 1.29 is 19.0 Å². The van der Waals surface area contributed by atoms with Crippen LogP contribution in [0.15, 0.2) is 34.9 Å². The number of hydrogen-bond donors (Lipinski definition) is 1. The molecule has 1 N–H and O–H groups in total. The topological polar surface area (TPSA) is 86.3 Å². The molecular weight excluding hydrogens is 402 g/mol. The van der Waals surface area contributed by atoms with E-state index in [1.54, 1.807) is 24.4 Å². The molecule has 3 aromatic rings. The lowest BCUT2D eigenvalue weighted by Crippen LogP contribution is -2.00. The summed E-state index contributed by atoms with van der Waals surface area (Å²) in [7, 11) is 4.51. The van der Waals surface area contributed by atoms with Gasteiger partial charge in [0.1, 0.15) is 5.82 Å². The van der Waals surface area contributed by atoms with Crippen LogP contribution < -0.4 is 14.2 Å². The molecule has 8 heteroatoms. The van der Waals surface area contributed by atoms with Crippen molar-refractivity contribution in [1.29, 1.82) is 0 Å². The Bertz CT molecular complexity index is 972. The minimum atomic E-state index is -0.223. The highest BCUT2D eigenvalue weighted by molar-refractivity contribution is 9.10. The lowest BCUT2D eigenvalue weighted by Gasteiger charge is -2.13. The number of imidazole rings is 1. The van der Waals surface area contributed by atoms with Crippen LogP contribution in [0.2, 0.25) is 0 Å². The molecule has 0 unspecified atom stereocenters. The van der Waals surface area contributed by atoms with Gasteiger partial charge in [0.25, 0.3) is 0 Å². The van der Waals surface area contributed by atoms with E-state index < -0.39 is 0 Å². The molecule has 7 nitrogen and oxygen atoms in total. The van der Waals surface area contributed by atoms with Crippen molar-refractivity contribution in [1.82, 2.24) is 15.0 Å². The zero-order chi connectivity index (χ0) is 18.7. The fourth-order valence-electron chi connectivity index (χ4n) is 2.45. The fraction of sp³-hybridized carbons (Fsp3) is 0.167. The van der Waals surface area contributed by atoms with Crippen molar-refractivity contribution in [2.75, 3.05) is 21.3 Å². The molecule has 1 aromatic carbocycles. The van der Waals surface area contributed by atoms with E-state index in [-0.39, 0.29) is 5.78 Å². The van der Waals surface area contributed by atoms with Crippen molar-refractivity contribution >= 4 is 39.0 Å². The van der Waals surface area contributed by atoms with Gasteiger partial charge in [-0.1, -0.05) is 0 Å². The van der Waals surface area contributed by atoms with Crippen LogP contribution in [0.5, 0.6) is 17.2 Å². The van der Waals surface area contributed by atoms with Crippen LogP contribution in [0.25, 0.3) is 17.2 Å². The first-order valence-corrected chi connectivity index (χ1v) is 8.38. The number of aromatic nitrogens is 3. The summed E-state index contributed by atoms with van der Waals surface area (Å²) in [5.74, 6) is 1.58. The quantitative estimate of drug-likeness (QED) is 0.486. The molecule has 26 heavy (non-hydrogen) atoms. The highest BCUT2D eigenvalue weighted by Gasteiger charge is 2.15. The Morgan fingerprint density at radius 2 is 1.81 bits per heavy atom. The van der Waals surface area contributed by atoms with Gasteiger partial charge >= 0.3 is 0 Å². The first kappa shape index (κ1) is 17.9. The molecule has 0 aliphatic rings. The van der Waals surface area contributed by atoms with Gasteiger partial charge < -0.3 is 19.2 Å². The van der Waals surface area contributed by atoms with Gasteiger partial charge in [0.05, 0.1) is 26.8 Å². The monoisotopic (exact) mass is 417 g/mol. The number of allylic oxidation sites excluding steroid dienone is 1. The number of aromatic amines is 1. The van der Waals surface area contributed by atoms with Crippen LogP contribution in [0.1, 0.15) is 16.2 Å². The molecular formula is C18H16BrN3O4. The number of ether oxygens (including phenoxy) is 3. The van der Waals surface area contributed by atoms with Crippen molar-refractivity contribution in [3.63, 3.8) is 0 Å². The summed E-state index contributed by atoms with van der Waals surface area (Å²) in [6.07, 6.45) is 4.69. The first-order chi connectivity index (χ1) is 12.5. The maximum Gasteiger partial charge on any atom is 0.203 e. The highest BCUT2D eigenvalue weighted by atomic mass is 79.9. The molecule has 134 valence electrons. The van der Waals surface area contributed by atoms with Crippen molar-refractivity contribution in [3.05, 3.63) is 46.3 Å². The maximum atomic E-state index is 12.5. The number of nitrogens with zero attached hydrogens (tertiary/aromatic N) is 2. The second kappa shape index (κ2) is 7.57. The van der Waals surface area contributed by atoms with E-state index in [1.165, 1.54) is 27.4 Å². The molecule has 0 radical (unpaired) electrons. The SMILES string of the molecule is COc1cc(C(=O)/C=C/c2nc3ncc(Br)cc3[nH]2)cc(OC)c1OC. The van der Waals surface area contributed by atoms with Crippen molar-refractivity contribution in [2.24, 2.45) is 0 Å². The number of hydrogen-bond acceptors (Lipinski definition) is 6. The predicted molar refractivity (Wildman–Crippen MR) is 101 cm³/mol. The van der Waals surface area contributed by atoms with Gasteiger partial charge in [-0.05, 0) is 46.3 Å². The van der Waals surface area contributed by atoms with Gasteiger partial charge in [-0.2, -0.15) is 0 Å². The second-order valence-electron chi connectivity index (χ2n) is 5.26. The third-order valence-corrected chi connectivity index (χ3v) is 4.10. The lowest BCUT2D eigenvalue weighted by molar-refractivity contribution is 0.104. The van der Waals surface area contributed by atoms with Crippen LogP contribution in [-0.4, -0.2) is 42.1 Å². The number of rotatable bonds is 6. The number of H-pyrrole nitrogens is 1. The van der Waals surface area contributed by atoms with Gasteiger partial charge in [-0.15, -0.1) is 0 Å². The van der Waals surface area contributed by atoms with E-state index in [1.807, 2.05) is 6.07 Å². The van der Waals surface area contributed by atoms with Gasteiger partial charge in [0.15, 0.2) is 22.9 Å². The average molecular weight is 418 g/mol. The number of halogens is 1. The standard InChI is InChI=1S/C18H16BrN3O4/c1-24-14-6-10(7-15(25-2)17(14)26-3)13(23)4-5-16-21-12-8-11(19)9-20-18(12)22-16/h4-9H,1-3H3,(H,20,21,22)/b5-4+. The molecule has 2 aromatic heterocycles. The number of fused-ring (bicyclic) bond motifs is 1. The summed E-state index contributed by atoms with van der Waals surface area (Å²) in [5.41, 5.74) is 1.76. The molecule has 0 spiro atoms. The number of nitrogens with one attached hydrogen (secondary N) is 1. The molecule has 0 amide bonds. The molecule has 0 aliphatic heterocycles. The lowest BCUT2D eigenvalue weighted by atomic mass is 10.1. The molecule has 0 aliphatic carbocycles. The van der Waals surface area contributed by atoms with Gasteiger partial charge in [-0.3, -0.25) is 4.79 Å². The van der Waals surface area contributed by atoms with Crippen molar-refractivity contribution in [3.8, 4) is 17.2 Å². The number of benzene rings is 1. The average Bonchev–Trinajstić information content (AvgIpc) is 3.06. The Morgan fingerprint density at radius 3 is 2.42 bits per heavy atom. The number of carbonyl (C=O) groups excluding carboxylic acids is 1. The molecule has 0 saturated carbocycles. The van der Waals surface area contributed by atoms with E-state index in [0.29, 0.717) is 34.3 Å². The van der Waals surface area contributed by atoms with E-state index >= 15 is 0 Å². The number of ketones is 1. The number of carbonyl (C=O) groups is 1. The molecule has 0 atom stereocenters. The Morgan fingerprint density at radius 1 is 1.12 bits per heavy atom. The van der Waals surface area contributed by atoms with E-state index in [9.17, 15) is 4.79 Å². The van der Waals surface area contributed by atoms with Crippen molar-refractivity contribution in [2.45, 2.75) is 0 Å². The van der Waals surface area contributed by atoms with Gasteiger partial charge in [0.2, 0.25) is 5.75 Å². The Hall–Kier alpha value is -2.87. The Kier molecular flexibility index (Phi) is 5.22. The predicted octanol–water partition coefficient (Wildman–Crippen LogP) is 3.64. The summed E-state index contributed by atoms with van der Waals surface area (Å²) < 4.78 is 16.6. The minimum absolute atomic E-state index is 0.223. The summed E-state index contributed by atoms with van der Waals surface area (Å²) in [6, 6.07) is 5.07. The third kappa shape index (κ3) is 3.55. The minimum Gasteiger partial charge on any atom is -0.493 e. The van der Waals surface area contributed by atoms with Gasteiger partial charge in [0, 0.05) is 16.2 Å². The maximum absolute atomic E-state index is 12.5. The highest BCUT2D eigenvalue weighted by Crippen LogP contribution is 2.38. The molecule has 0 bridgehead atoms. The Labute approximate surface area is 158 Å². The number of pyridine rings is 1. The third-order valence-electron chi connectivity index (χ3n) is 3.66. The van der Waals surface area contributed by atoms with E-state index in [0.717, 1.165) is 9.99 Å². The van der Waals surface area contributed by atoms with Crippen LogP contribution in [0, 0.1) is 0 Å². The summed E-state index contributed by atoms with van der Waals surface area (Å²) in [4.78, 5) is 24.1. The second-order valence-corrected chi connectivity index (χ2v) is 6.17. The largest absolute Gasteiger partial charge is 0.493 e. The first-order valence-electron chi connectivity index (χ1n) is 7.59. The van der Waals surface area contributed by atoms with E-state index in [4.69, 9.17) is 14.2 Å². The smallest absolute Gasteiger partial charge is 0.203 e. The number of methoxy groups -OCH3 is 3. The zero-order valence-electron chi connectivity index (χ0n) is 14.4. The zero-order valence-corrected chi connectivity index (χ0v) is 16.0. The Balaban J connectivity index is 1.89. The molecule has 3 rings (SSSR count). The molecule has 0 fully saturated rings. The normalized spacial score (nSPS) is 11.1. The van der Waals surface area contributed by atoms with Crippen LogP contribution in [-0.2, 0) is 0 Å². The summed E-state index contributed by atoms with van der Waals surface area (Å²) in [5, 5.41) is 0. The van der Waals surface area contributed by atoms with Crippen LogP contribution >= 0.6 is 15.9 Å². The van der Waals surface area contributed by atoms with E-state index in [2.05, 4.69) is 30.9 Å². The molecule has 2 heterocycles. The van der Waals surface area contributed by atoms with Crippen LogP contribution in [0.3, 0.4) is 0 Å².